The third-order valence-electron chi connectivity index (χ3n) is 1.90. The lowest BCUT2D eigenvalue weighted by atomic mass is 10.3. The minimum Gasteiger partial charge on any atom is -0.358 e. The molecule has 0 aromatic heterocycles. The zero-order valence-corrected chi connectivity index (χ0v) is 6.72. The molecule has 0 amide bonds. The van der Waals surface area contributed by atoms with Gasteiger partial charge in [-0.2, -0.15) is 0 Å². The van der Waals surface area contributed by atoms with Gasteiger partial charge in [0.15, 0.2) is 0 Å². The Bertz CT molecular complexity index is 125. The molecule has 0 atom stereocenters. The molecule has 0 saturated carbocycles. The van der Waals surface area contributed by atoms with Crippen molar-refractivity contribution in [1.82, 2.24) is 10.2 Å². The first-order chi connectivity index (χ1) is 4.84. The van der Waals surface area contributed by atoms with E-state index in [1.165, 1.54) is 0 Å². The largest absolute Gasteiger partial charge is 0.358 e. The smallest absolute Gasteiger partial charge is 0.0954 e. The van der Waals surface area contributed by atoms with Crippen LogP contribution in [-0.4, -0.2) is 44.0 Å². The second-order valence-electron chi connectivity index (χ2n) is 2.51. The van der Waals surface area contributed by atoms with E-state index in [2.05, 4.69) is 22.1 Å². The maximum atomic E-state index is 4.13. The lowest BCUT2D eigenvalue weighted by Gasteiger charge is -2.28. The number of aliphatic imine (C=N–C) groups is 1. The van der Waals surface area contributed by atoms with Crippen LogP contribution in [0.2, 0.25) is 0 Å². The Balaban J connectivity index is 2.39. The molecule has 1 heterocycles. The summed E-state index contributed by atoms with van der Waals surface area (Å²) in [6, 6.07) is 0. The highest BCUT2D eigenvalue weighted by molar-refractivity contribution is 5.79. The standard InChI is InChI=1S/C7H15N3/c1-7(8-2)10-5-3-9-4-6-10/h9H,3-6H2,1-2H3. The number of nitrogens with one attached hydrogen (secondary N) is 1. The molecule has 1 aliphatic rings. The molecule has 1 fully saturated rings. The molecule has 58 valence electrons. The van der Waals surface area contributed by atoms with Crippen molar-refractivity contribution in [3.8, 4) is 0 Å². The summed E-state index contributed by atoms with van der Waals surface area (Å²) in [6.07, 6.45) is 0. The topological polar surface area (TPSA) is 27.6 Å². The van der Waals surface area contributed by atoms with Crippen molar-refractivity contribution in [2.45, 2.75) is 6.92 Å². The van der Waals surface area contributed by atoms with Crippen LogP contribution in [0.3, 0.4) is 0 Å². The first kappa shape index (κ1) is 7.54. The summed E-state index contributed by atoms with van der Waals surface area (Å²) in [6.45, 7) is 6.44. The predicted molar refractivity (Wildman–Crippen MR) is 43.5 cm³/mol. The summed E-state index contributed by atoms with van der Waals surface area (Å²) in [5.41, 5.74) is 0. The minimum atomic E-state index is 1.09. The van der Waals surface area contributed by atoms with Gasteiger partial charge in [0.25, 0.3) is 0 Å². The number of amidine groups is 1. The average molecular weight is 141 g/mol. The maximum Gasteiger partial charge on any atom is 0.0954 e. The zero-order valence-electron chi connectivity index (χ0n) is 6.72. The monoisotopic (exact) mass is 141 g/mol. The van der Waals surface area contributed by atoms with E-state index in [0.717, 1.165) is 32.0 Å². The van der Waals surface area contributed by atoms with Crippen LogP contribution >= 0.6 is 0 Å². The quantitative estimate of drug-likeness (QED) is 0.378. The van der Waals surface area contributed by atoms with Crippen LogP contribution in [0.5, 0.6) is 0 Å². The van der Waals surface area contributed by atoms with E-state index in [1.807, 2.05) is 7.05 Å². The molecule has 1 rings (SSSR count). The van der Waals surface area contributed by atoms with Gasteiger partial charge in [-0.05, 0) is 6.92 Å². The van der Waals surface area contributed by atoms with Crippen molar-refractivity contribution in [2.75, 3.05) is 33.2 Å². The van der Waals surface area contributed by atoms with Crippen LogP contribution in [-0.2, 0) is 0 Å². The second kappa shape index (κ2) is 3.56. The van der Waals surface area contributed by atoms with E-state index in [0.29, 0.717) is 0 Å². The predicted octanol–water partition coefficient (Wildman–Crippen LogP) is -0.0602. The molecule has 0 radical (unpaired) electrons. The fraction of sp³-hybridized carbons (Fsp3) is 0.857. The number of rotatable bonds is 0. The molecule has 0 aromatic rings. The van der Waals surface area contributed by atoms with E-state index >= 15 is 0 Å². The Morgan fingerprint density at radius 1 is 1.40 bits per heavy atom. The maximum absolute atomic E-state index is 4.13. The number of hydrogen-bond acceptors (Lipinski definition) is 2. The molecule has 10 heavy (non-hydrogen) atoms. The van der Waals surface area contributed by atoms with Crippen LogP contribution in [0.4, 0.5) is 0 Å². The molecular weight excluding hydrogens is 126 g/mol. The van der Waals surface area contributed by atoms with E-state index in [4.69, 9.17) is 0 Å². The van der Waals surface area contributed by atoms with Gasteiger partial charge in [0.05, 0.1) is 5.84 Å². The zero-order chi connectivity index (χ0) is 7.40. The molecule has 0 aromatic carbocycles. The molecule has 0 spiro atoms. The molecule has 0 bridgehead atoms. The molecule has 0 aliphatic carbocycles. The van der Waals surface area contributed by atoms with Gasteiger partial charge < -0.3 is 10.2 Å². The van der Waals surface area contributed by atoms with E-state index in [-0.39, 0.29) is 0 Å². The van der Waals surface area contributed by atoms with Gasteiger partial charge in [-0.15, -0.1) is 0 Å². The number of piperazine rings is 1. The number of hydrogen-bond donors (Lipinski definition) is 1. The van der Waals surface area contributed by atoms with Gasteiger partial charge in [-0.1, -0.05) is 0 Å². The van der Waals surface area contributed by atoms with E-state index in [9.17, 15) is 0 Å². The summed E-state index contributed by atoms with van der Waals surface area (Å²) in [7, 11) is 1.84. The van der Waals surface area contributed by atoms with E-state index in [1.54, 1.807) is 0 Å². The second-order valence-corrected chi connectivity index (χ2v) is 2.51. The van der Waals surface area contributed by atoms with E-state index < -0.39 is 0 Å². The molecule has 1 aliphatic heterocycles. The van der Waals surface area contributed by atoms with Crippen molar-refractivity contribution >= 4 is 5.84 Å². The van der Waals surface area contributed by atoms with Crippen molar-refractivity contribution < 1.29 is 0 Å². The Morgan fingerprint density at radius 2 is 2.00 bits per heavy atom. The highest BCUT2D eigenvalue weighted by Gasteiger charge is 2.08. The van der Waals surface area contributed by atoms with Crippen molar-refractivity contribution in [2.24, 2.45) is 4.99 Å². The van der Waals surface area contributed by atoms with Crippen molar-refractivity contribution in [1.29, 1.82) is 0 Å². The van der Waals surface area contributed by atoms with Crippen LogP contribution in [0.1, 0.15) is 6.92 Å². The normalized spacial score (nSPS) is 21.4. The van der Waals surface area contributed by atoms with Crippen molar-refractivity contribution in [3.63, 3.8) is 0 Å². The summed E-state index contributed by atoms with van der Waals surface area (Å²) < 4.78 is 0. The average Bonchev–Trinajstić information content (AvgIpc) is 2.05. The van der Waals surface area contributed by atoms with Gasteiger partial charge in [-0.25, -0.2) is 0 Å². The third kappa shape index (κ3) is 1.70. The lowest BCUT2D eigenvalue weighted by Crippen LogP contribution is -2.45. The first-order valence-corrected chi connectivity index (χ1v) is 3.73. The Hall–Kier alpha value is -0.570. The Morgan fingerprint density at radius 3 is 2.50 bits per heavy atom. The van der Waals surface area contributed by atoms with Gasteiger partial charge in [0.1, 0.15) is 0 Å². The van der Waals surface area contributed by atoms with Gasteiger partial charge >= 0.3 is 0 Å². The molecule has 1 saturated heterocycles. The minimum absolute atomic E-state index is 1.09. The number of nitrogens with zero attached hydrogens (tertiary/aromatic N) is 2. The summed E-state index contributed by atoms with van der Waals surface area (Å²) in [4.78, 5) is 6.43. The Labute approximate surface area is 62.1 Å². The van der Waals surface area contributed by atoms with Crippen molar-refractivity contribution in [3.05, 3.63) is 0 Å². The third-order valence-corrected chi connectivity index (χ3v) is 1.90. The van der Waals surface area contributed by atoms with Crippen LogP contribution in [0.15, 0.2) is 4.99 Å². The molecular formula is C7H15N3. The Kier molecular flexibility index (Phi) is 2.68. The van der Waals surface area contributed by atoms with Crippen LogP contribution in [0.25, 0.3) is 0 Å². The first-order valence-electron chi connectivity index (χ1n) is 3.73. The van der Waals surface area contributed by atoms with Gasteiger partial charge in [-0.3, -0.25) is 4.99 Å². The SMILES string of the molecule is CN=C(C)N1CCNCC1. The van der Waals surface area contributed by atoms with Gasteiger partial charge in [0.2, 0.25) is 0 Å². The lowest BCUT2D eigenvalue weighted by molar-refractivity contribution is 0.355. The summed E-state index contributed by atoms with van der Waals surface area (Å²) in [5, 5.41) is 3.30. The van der Waals surface area contributed by atoms with Crippen LogP contribution < -0.4 is 5.32 Å². The highest BCUT2D eigenvalue weighted by Crippen LogP contribution is 1.93. The fourth-order valence-corrected chi connectivity index (χ4v) is 1.13. The molecule has 0 unspecified atom stereocenters. The molecule has 1 N–H and O–H groups in total. The van der Waals surface area contributed by atoms with Crippen LogP contribution in [0, 0.1) is 0 Å². The molecule has 3 nitrogen and oxygen atoms in total. The summed E-state index contributed by atoms with van der Waals surface area (Å²) in [5.74, 6) is 1.15. The van der Waals surface area contributed by atoms with Gasteiger partial charge in [0, 0.05) is 33.2 Å². The molecule has 3 heteroatoms. The fourth-order valence-electron chi connectivity index (χ4n) is 1.13. The summed E-state index contributed by atoms with van der Waals surface area (Å²) >= 11 is 0. The highest BCUT2D eigenvalue weighted by atomic mass is 15.2.